The van der Waals surface area contributed by atoms with E-state index in [0.717, 1.165) is 30.7 Å². The second-order valence-corrected chi connectivity index (χ2v) is 7.58. The molecular weight excluding hydrogens is 356 g/mol. The quantitative estimate of drug-likeness (QED) is 0.567. The average molecular weight is 380 g/mol. The van der Waals surface area contributed by atoms with Crippen LogP contribution in [0.5, 0.6) is 0 Å². The van der Waals surface area contributed by atoms with Crippen LogP contribution in [0.15, 0.2) is 30.3 Å². The molecule has 1 amide bonds. The molecule has 0 radical (unpaired) electrons. The van der Waals surface area contributed by atoms with E-state index in [1.165, 1.54) is 0 Å². The number of ether oxygens (including phenoxy) is 1. The van der Waals surface area contributed by atoms with Gasteiger partial charge in [0.15, 0.2) is 12.4 Å². The van der Waals surface area contributed by atoms with E-state index in [9.17, 15) is 14.4 Å². The Morgan fingerprint density at radius 3 is 2.64 bits per heavy atom. The summed E-state index contributed by atoms with van der Waals surface area (Å²) in [6.45, 7) is 4.25. The lowest BCUT2D eigenvalue weighted by Gasteiger charge is -2.16. The van der Waals surface area contributed by atoms with Crippen molar-refractivity contribution in [2.45, 2.75) is 45.6 Å². The summed E-state index contributed by atoms with van der Waals surface area (Å²) in [4.78, 5) is 38.6. The van der Waals surface area contributed by atoms with Crippen molar-refractivity contribution in [2.75, 3.05) is 18.1 Å². The molecule has 2 heterocycles. The average Bonchev–Trinajstić information content (AvgIpc) is 3.35. The van der Waals surface area contributed by atoms with Crippen LogP contribution >= 0.6 is 0 Å². The van der Waals surface area contributed by atoms with Crippen LogP contribution in [0.25, 0.3) is 0 Å². The third kappa shape index (κ3) is 3.46. The van der Waals surface area contributed by atoms with Gasteiger partial charge in [-0.25, -0.2) is 4.79 Å². The first-order valence-corrected chi connectivity index (χ1v) is 9.75. The van der Waals surface area contributed by atoms with Gasteiger partial charge in [0.05, 0.1) is 5.56 Å². The van der Waals surface area contributed by atoms with Crippen LogP contribution in [0.4, 0.5) is 5.69 Å². The molecule has 6 nitrogen and oxygen atoms in total. The first-order chi connectivity index (χ1) is 13.5. The van der Waals surface area contributed by atoms with Gasteiger partial charge in [0.2, 0.25) is 5.91 Å². The number of nitrogens with zero attached hydrogens (tertiary/aromatic N) is 2. The van der Waals surface area contributed by atoms with Gasteiger partial charge in [0, 0.05) is 41.6 Å². The number of amides is 1. The molecule has 1 saturated heterocycles. The Morgan fingerprint density at radius 1 is 1.18 bits per heavy atom. The molecule has 4 rings (SSSR count). The fraction of sp³-hybridized carbons (Fsp3) is 0.409. The van der Waals surface area contributed by atoms with Gasteiger partial charge < -0.3 is 14.2 Å². The minimum atomic E-state index is -0.473. The number of ketones is 1. The summed E-state index contributed by atoms with van der Waals surface area (Å²) in [6.07, 6.45) is 3.64. The lowest BCUT2D eigenvalue weighted by Crippen LogP contribution is -2.24. The van der Waals surface area contributed by atoms with E-state index >= 15 is 0 Å². The molecule has 6 heteroatoms. The third-order valence-electron chi connectivity index (χ3n) is 5.50. The van der Waals surface area contributed by atoms with E-state index in [1.807, 2.05) is 26.0 Å². The van der Waals surface area contributed by atoms with E-state index < -0.39 is 5.97 Å². The van der Waals surface area contributed by atoms with Crippen LogP contribution in [0, 0.1) is 13.8 Å². The monoisotopic (exact) mass is 380 g/mol. The molecule has 1 aliphatic heterocycles. The van der Waals surface area contributed by atoms with E-state index in [4.69, 9.17) is 4.74 Å². The Bertz CT molecular complexity index is 955. The minimum absolute atomic E-state index is 0.0713. The molecule has 0 bridgehead atoms. The van der Waals surface area contributed by atoms with Crippen molar-refractivity contribution >= 4 is 23.3 Å². The third-order valence-corrected chi connectivity index (χ3v) is 5.50. The molecule has 1 aromatic carbocycles. The topological polar surface area (TPSA) is 68.6 Å². The molecule has 1 aliphatic carbocycles. The van der Waals surface area contributed by atoms with Crippen molar-refractivity contribution in [1.82, 2.24) is 4.57 Å². The van der Waals surface area contributed by atoms with Gasteiger partial charge in [0.1, 0.15) is 0 Å². The highest BCUT2D eigenvalue weighted by atomic mass is 16.5. The second kappa shape index (κ2) is 7.26. The smallest absolute Gasteiger partial charge is 0.340 e. The number of hydrogen-bond donors (Lipinski definition) is 0. The number of carbonyl (C=O) groups is 3. The van der Waals surface area contributed by atoms with Gasteiger partial charge in [0.25, 0.3) is 0 Å². The van der Waals surface area contributed by atoms with Gasteiger partial charge in [-0.3, -0.25) is 9.59 Å². The first-order valence-electron chi connectivity index (χ1n) is 9.75. The summed E-state index contributed by atoms with van der Waals surface area (Å²) in [5, 5.41) is 0. The molecule has 146 valence electrons. The Kier molecular flexibility index (Phi) is 4.79. The Hall–Kier alpha value is -2.89. The van der Waals surface area contributed by atoms with E-state index in [0.29, 0.717) is 35.8 Å². The van der Waals surface area contributed by atoms with E-state index in [-0.39, 0.29) is 18.3 Å². The normalized spacial score (nSPS) is 16.5. The van der Waals surface area contributed by atoms with Gasteiger partial charge in [-0.2, -0.15) is 0 Å². The first kappa shape index (κ1) is 18.5. The summed E-state index contributed by atoms with van der Waals surface area (Å²) < 4.78 is 7.47. The largest absolute Gasteiger partial charge is 0.454 e. The second-order valence-electron chi connectivity index (χ2n) is 7.58. The van der Waals surface area contributed by atoms with Gasteiger partial charge >= 0.3 is 5.97 Å². The fourth-order valence-electron chi connectivity index (χ4n) is 3.94. The van der Waals surface area contributed by atoms with Gasteiger partial charge in [-0.15, -0.1) is 0 Å². The van der Waals surface area contributed by atoms with E-state index in [2.05, 4.69) is 4.57 Å². The SMILES string of the molecule is Cc1cc(C(=O)OCC(=O)c2cccc(N3CCCC3=O)c2)c(C)n1C1CC1. The number of Topliss-reactive ketones (excluding diaryl/α,β-unsaturated/α-hetero) is 1. The zero-order valence-electron chi connectivity index (χ0n) is 16.2. The maximum atomic E-state index is 12.5. The zero-order valence-corrected chi connectivity index (χ0v) is 16.2. The Balaban J connectivity index is 1.43. The molecule has 1 saturated carbocycles. The highest BCUT2D eigenvalue weighted by Gasteiger charge is 2.29. The zero-order chi connectivity index (χ0) is 19.8. The molecule has 2 aliphatic rings. The Morgan fingerprint density at radius 2 is 1.96 bits per heavy atom. The number of aryl methyl sites for hydroxylation is 1. The van der Waals surface area contributed by atoms with Crippen LogP contribution in [0.1, 0.15) is 63.8 Å². The number of carbonyl (C=O) groups excluding carboxylic acids is 3. The van der Waals surface area contributed by atoms with Crippen LogP contribution in [0.2, 0.25) is 0 Å². The molecule has 28 heavy (non-hydrogen) atoms. The summed E-state index contributed by atoms with van der Waals surface area (Å²) in [7, 11) is 0. The number of benzene rings is 1. The van der Waals surface area contributed by atoms with Crippen LogP contribution in [0.3, 0.4) is 0 Å². The van der Waals surface area contributed by atoms with Crippen molar-refractivity contribution in [2.24, 2.45) is 0 Å². The summed E-state index contributed by atoms with van der Waals surface area (Å²) in [5.41, 5.74) is 3.61. The molecule has 2 fully saturated rings. The lowest BCUT2D eigenvalue weighted by atomic mass is 10.1. The Labute approximate surface area is 164 Å². The molecule has 1 aromatic heterocycles. The standard InChI is InChI=1S/C22H24N2O4/c1-14-11-19(15(2)24(14)17-8-9-17)22(27)28-13-20(25)16-5-3-6-18(12-16)23-10-4-7-21(23)26/h3,5-6,11-12,17H,4,7-10,13H2,1-2H3. The fourth-order valence-corrected chi connectivity index (χ4v) is 3.94. The van der Waals surface area contributed by atoms with Crippen LogP contribution < -0.4 is 4.90 Å². The van der Waals surface area contributed by atoms with Crippen LogP contribution in [-0.4, -0.2) is 35.4 Å². The van der Waals surface area contributed by atoms with Gasteiger partial charge in [-0.1, -0.05) is 12.1 Å². The maximum Gasteiger partial charge on any atom is 0.340 e. The van der Waals surface area contributed by atoms with Crippen molar-refractivity contribution in [3.8, 4) is 0 Å². The highest BCUT2D eigenvalue weighted by molar-refractivity contribution is 6.02. The number of rotatable bonds is 6. The molecule has 0 unspecified atom stereocenters. The minimum Gasteiger partial charge on any atom is -0.454 e. The molecule has 0 N–H and O–H groups in total. The van der Waals surface area contributed by atoms with Crippen molar-refractivity contribution in [3.63, 3.8) is 0 Å². The molecular formula is C22H24N2O4. The molecule has 2 aromatic rings. The molecule has 0 spiro atoms. The molecule has 0 atom stereocenters. The number of esters is 1. The predicted octanol–water partition coefficient (Wildman–Crippen LogP) is 3.61. The maximum absolute atomic E-state index is 12.5. The highest BCUT2D eigenvalue weighted by Crippen LogP contribution is 2.38. The van der Waals surface area contributed by atoms with Crippen molar-refractivity contribution in [3.05, 3.63) is 52.8 Å². The summed E-state index contributed by atoms with van der Waals surface area (Å²) in [5.74, 6) is -0.681. The van der Waals surface area contributed by atoms with E-state index in [1.54, 1.807) is 23.1 Å². The van der Waals surface area contributed by atoms with Crippen molar-refractivity contribution in [1.29, 1.82) is 0 Å². The summed E-state index contributed by atoms with van der Waals surface area (Å²) in [6, 6.07) is 9.26. The number of aromatic nitrogens is 1. The number of hydrogen-bond acceptors (Lipinski definition) is 4. The summed E-state index contributed by atoms with van der Waals surface area (Å²) >= 11 is 0. The predicted molar refractivity (Wildman–Crippen MR) is 105 cm³/mol. The van der Waals surface area contributed by atoms with Crippen molar-refractivity contribution < 1.29 is 19.1 Å². The number of anilines is 1. The van der Waals surface area contributed by atoms with Crippen LogP contribution in [-0.2, 0) is 9.53 Å². The van der Waals surface area contributed by atoms with Gasteiger partial charge in [-0.05, 0) is 51.3 Å². The lowest BCUT2D eigenvalue weighted by molar-refractivity contribution is -0.117.